The SMILES string of the molecule is COC(=O)C(C)(C)c1ccc([N+](=O)[O-])c(OC)c1. The van der Waals surface area contributed by atoms with Gasteiger partial charge in [0.1, 0.15) is 0 Å². The molecule has 0 radical (unpaired) electrons. The standard InChI is InChI=1S/C12H15NO5/c1-12(2,11(14)18-4)8-5-6-9(13(15)16)10(7-8)17-3/h5-7H,1-4H3. The van der Waals surface area contributed by atoms with Crippen LogP contribution in [-0.2, 0) is 14.9 Å². The summed E-state index contributed by atoms with van der Waals surface area (Å²) >= 11 is 0. The van der Waals surface area contributed by atoms with Gasteiger partial charge in [0.2, 0.25) is 0 Å². The highest BCUT2D eigenvalue weighted by Crippen LogP contribution is 2.33. The summed E-state index contributed by atoms with van der Waals surface area (Å²) in [6.45, 7) is 3.36. The van der Waals surface area contributed by atoms with Crippen molar-refractivity contribution in [3.63, 3.8) is 0 Å². The zero-order chi connectivity index (χ0) is 13.9. The summed E-state index contributed by atoms with van der Waals surface area (Å²) in [6.07, 6.45) is 0. The van der Waals surface area contributed by atoms with E-state index in [9.17, 15) is 14.9 Å². The molecule has 0 unspecified atom stereocenters. The molecule has 0 bridgehead atoms. The summed E-state index contributed by atoms with van der Waals surface area (Å²) in [5.74, 6) is -0.298. The van der Waals surface area contributed by atoms with Crippen LogP contribution in [0.15, 0.2) is 18.2 Å². The van der Waals surface area contributed by atoms with Gasteiger partial charge in [-0.3, -0.25) is 14.9 Å². The summed E-state index contributed by atoms with van der Waals surface area (Å²) in [6, 6.07) is 4.32. The lowest BCUT2D eigenvalue weighted by atomic mass is 9.84. The van der Waals surface area contributed by atoms with Crippen LogP contribution < -0.4 is 4.74 Å². The first-order chi connectivity index (χ1) is 8.34. The van der Waals surface area contributed by atoms with Crippen LogP contribution in [0, 0.1) is 10.1 Å². The first kappa shape index (κ1) is 14.0. The van der Waals surface area contributed by atoms with Crippen molar-refractivity contribution in [2.45, 2.75) is 19.3 Å². The van der Waals surface area contributed by atoms with Crippen molar-refractivity contribution in [3.05, 3.63) is 33.9 Å². The summed E-state index contributed by atoms with van der Waals surface area (Å²) in [5.41, 5.74) is -0.435. The largest absolute Gasteiger partial charge is 0.490 e. The number of carbonyl (C=O) groups excluding carboxylic acids is 1. The maximum absolute atomic E-state index is 11.7. The number of nitro benzene ring substituents is 1. The van der Waals surface area contributed by atoms with Crippen LogP contribution in [0.5, 0.6) is 5.75 Å². The molecule has 6 nitrogen and oxygen atoms in total. The lowest BCUT2D eigenvalue weighted by Gasteiger charge is -2.22. The smallest absolute Gasteiger partial charge is 0.315 e. The topological polar surface area (TPSA) is 78.7 Å². The van der Waals surface area contributed by atoms with Crippen LogP contribution in [0.25, 0.3) is 0 Å². The van der Waals surface area contributed by atoms with Gasteiger partial charge in [0.25, 0.3) is 0 Å². The fourth-order valence-electron chi connectivity index (χ4n) is 1.59. The minimum Gasteiger partial charge on any atom is -0.490 e. The Morgan fingerprint density at radius 2 is 1.94 bits per heavy atom. The molecule has 1 aromatic rings. The van der Waals surface area contributed by atoms with E-state index in [-0.39, 0.29) is 11.4 Å². The summed E-state index contributed by atoms with van der Waals surface area (Å²) in [4.78, 5) is 21.9. The molecule has 0 fully saturated rings. The quantitative estimate of drug-likeness (QED) is 0.466. The second-order valence-electron chi connectivity index (χ2n) is 4.26. The van der Waals surface area contributed by atoms with Crippen molar-refractivity contribution in [3.8, 4) is 5.75 Å². The molecular formula is C12H15NO5. The highest BCUT2D eigenvalue weighted by atomic mass is 16.6. The lowest BCUT2D eigenvalue weighted by Crippen LogP contribution is -2.30. The van der Waals surface area contributed by atoms with Crippen LogP contribution in [-0.4, -0.2) is 25.1 Å². The second kappa shape index (κ2) is 5.03. The van der Waals surface area contributed by atoms with Crippen molar-refractivity contribution in [2.24, 2.45) is 0 Å². The molecule has 0 N–H and O–H groups in total. The van der Waals surface area contributed by atoms with Crippen LogP contribution in [0.1, 0.15) is 19.4 Å². The number of esters is 1. The van der Waals surface area contributed by atoms with Gasteiger partial charge in [0.15, 0.2) is 5.75 Å². The molecule has 1 rings (SSSR count). The Kier molecular flexibility index (Phi) is 3.90. The van der Waals surface area contributed by atoms with Crippen LogP contribution in [0.3, 0.4) is 0 Å². The molecule has 0 heterocycles. The van der Waals surface area contributed by atoms with Crippen molar-refractivity contribution in [2.75, 3.05) is 14.2 Å². The van der Waals surface area contributed by atoms with E-state index < -0.39 is 16.3 Å². The Bertz CT molecular complexity index is 481. The molecule has 0 spiro atoms. The molecule has 0 aliphatic heterocycles. The normalized spacial score (nSPS) is 10.9. The predicted molar refractivity (Wildman–Crippen MR) is 64.7 cm³/mol. The number of hydrogen-bond acceptors (Lipinski definition) is 5. The van der Waals surface area contributed by atoms with Crippen LogP contribution in [0.2, 0.25) is 0 Å². The third kappa shape index (κ3) is 2.42. The van der Waals surface area contributed by atoms with E-state index in [0.717, 1.165) is 0 Å². The first-order valence-electron chi connectivity index (χ1n) is 5.26. The Balaban J connectivity index is 3.29. The molecule has 1 aromatic carbocycles. The Morgan fingerprint density at radius 1 is 1.33 bits per heavy atom. The van der Waals surface area contributed by atoms with Gasteiger partial charge in [-0.2, -0.15) is 0 Å². The third-order valence-electron chi connectivity index (χ3n) is 2.79. The number of rotatable bonds is 4. The third-order valence-corrected chi connectivity index (χ3v) is 2.79. The monoisotopic (exact) mass is 253 g/mol. The van der Waals surface area contributed by atoms with Gasteiger partial charge in [-0.05, 0) is 25.5 Å². The van der Waals surface area contributed by atoms with E-state index in [2.05, 4.69) is 0 Å². The molecule has 18 heavy (non-hydrogen) atoms. The highest BCUT2D eigenvalue weighted by molar-refractivity contribution is 5.82. The summed E-state index contributed by atoms with van der Waals surface area (Å²) in [7, 11) is 2.64. The number of nitrogens with zero attached hydrogens (tertiary/aromatic N) is 1. The van der Waals surface area contributed by atoms with Crippen molar-refractivity contribution < 1.29 is 19.2 Å². The van der Waals surface area contributed by atoms with Gasteiger partial charge in [-0.15, -0.1) is 0 Å². The predicted octanol–water partition coefficient (Wildman–Crippen LogP) is 2.05. The molecular weight excluding hydrogens is 238 g/mol. The Hall–Kier alpha value is -2.11. The Labute approximate surface area is 105 Å². The fourth-order valence-corrected chi connectivity index (χ4v) is 1.59. The average molecular weight is 253 g/mol. The molecule has 0 aliphatic rings. The van der Waals surface area contributed by atoms with Crippen LogP contribution >= 0.6 is 0 Å². The molecule has 0 amide bonds. The maximum atomic E-state index is 11.7. The molecule has 0 aromatic heterocycles. The lowest BCUT2D eigenvalue weighted by molar-refractivity contribution is -0.385. The van der Waals surface area contributed by atoms with Gasteiger partial charge in [0, 0.05) is 6.07 Å². The van der Waals surface area contributed by atoms with Crippen molar-refractivity contribution >= 4 is 11.7 Å². The summed E-state index contributed by atoms with van der Waals surface area (Å²) in [5, 5.41) is 10.8. The Morgan fingerprint density at radius 3 is 2.39 bits per heavy atom. The molecule has 0 aliphatic carbocycles. The molecule has 0 saturated carbocycles. The molecule has 0 saturated heterocycles. The minimum atomic E-state index is -0.892. The molecule has 98 valence electrons. The van der Waals surface area contributed by atoms with Gasteiger partial charge in [0.05, 0.1) is 24.6 Å². The van der Waals surface area contributed by atoms with Crippen molar-refractivity contribution in [1.82, 2.24) is 0 Å². The number of carbonyl (C=O) groups is 1. The first-order valence-corrected chi connectivity index (χ1v) is 5.26. The summed E-state index contributed by atoms with van der Waals surface area (Å²) < 4.78 is 9.67. The van der Waals surface area contributed by atoms with Gasteiger partial charge < -0.3 is 9.47 Å². The van der Waals surface area contributed by atoms with Crippen molar-refractivity contribution in [1.29, 1.82) is 0 Å². The highest BCUT2D eigenvalue weighted by Gasteiger charge is 2.32. The van der Waals surface area contributed by atoms with E-state index >= 15 is 0 Å². The maximum Gasteiger partial charge on any atom is 0.315 e. The zero-order valence-corrected chi connectivity index (χ0v) is 10.7. The molecule has 0 atom stereocenters. The average Bonchev–Trinajstić information content (AvgIpc) is 2.36. The van der Waals surface area contributed by atoms with Gasteiger partial charge in [-0.1, -0.05) is 6.07 Å². The van der Waals surface area contributed by atoms with E-state index in [1.807, 2.05) is 0 Å². The second-order valence-corrected chi connectivity index (χ2v) is 4.26. The number of hydrogen-bond donors (Lipinski definition) is 0. The number of ether oxygens (including phenoxy) is 2. The van der Waals surface area contributed by atoms with Crippen LogP contribution in [0.4, 0.5) is 5.69 Å². The van der Waals surface area contributed by atoms with E-state index in [1.54, 1.807) is 13.8 Å². The van der Waals surface area contributed by atoms with Gasteiger partial charge in [-0.25, -0.2) is 0 Å². The fraction of sp³-hybridized carbons (Fsp3) is 0.417. The van der Waals surface area contributed by atoms with Gasteiger partial charge >= 0.3 is 11.7 Å². The molecule has 6 heteroatoms. The van der Waals surface area contributed by atoms with E-state index in [0.29, 0.717) is 5.56 Å². The van der Waals surface area contributed by atoms with E-state index in [1.165, 1.54) is 32.4 Å². The number of nitro groups is 1. The zero-order valence-electron chi connectivity index (χ0n) is 10.7. The van der Waals surface area contributed by atoms with E-state index in [4.69, 9.17) is 9.47 Å². The minimum absolute atomic E-state index is 0.120. The number of benzene rings is 1. The number of methoxy groups -OCH3 is 2.